The molecule has 74 valence electrons. The van der Waals surface area contributed by atoms with Crippen LogP contribution in [-0.4, -0.2) is 22.6 Å². The van der Waals surface area contributed by atoms with Gasteiger partial charge in [-0.3, -0.25) is 14.4 Å². The molecular formula is C7H8Cl2O4. The number of carbonyl (C=O) groups excluding carboxylic acids is 3. The van der Waals surface area contributed by atoms with E-state index in [2.05, 4.69) is 4.74 Å². The van der Waals surface area contributed by atoms with E-state index in [0.29, 0.717) is 0 Å². The van der Waals surface area contributed by atoms with Crippen LogP contribution in [-0.2, 0) is 19.1 Å². The van der Waals surface area contributed by atoms with E-state index in [1.165, 1.54) is 0 Å². The maximum atomic E-state index is 10.6. The molecule has 13 heavy (non-hydrogen) atoms. The zero-order chi connectivity index (χ0) is 10.4. The summed E-state index contributed by atoms with van der Waals surface area (Å²) in [5.41, 5.74) is 0. The quantitative estimate of drug-likeness (QED) is 0.523. The molecule has 0 heterocycles. The van der Waals surface area contributed by atoms with Crippen molar-refractivity contribution in [3.8, 4) is 0 Å². The summed E-state index contributed by atoms with van der Waals surface area (Å²) in [5.74, 6) is -0.624. The Balaban J connectivity index is 4.02. The predicted octanol–water partition coefficient (Wildman–Crippen LogP) is 1.23. The van der Waals surface area contributed by atoms with Gasteiger partial charge in [0.2, 0.25) is 5.24 Å². The average Bonchev–Trinajstić information content (AvgIpc) is 1.96. The summed E-state index contributed by atoms with van der Waals surface area (Å²) in [6.07, 6.45) is -1.12. The topological polar surface area (TPSA) is 60.4 Å². The first kappa shape index (κ1) is 12.4. The van der Waals surface area contributed by atoms with Gasteiger partial charge in [0.05, 0.1) is 0 Å². The minimum absolute atomic E-state index is 0.0181. The molecule has 0 aliphatic carbocycles. The maximum Gasteiger partial charge on any atom is 0.303 e. The van der Waals surface area contributed by atoms with Gasteiger partial charge in [0.25, 0.3) is 5.24 Å². The van der Waals surface area contributed by atoms with E-state index >= 15 is 0 Å². The van der Waals surface area contributed by atoms with Crippen molar-refractivity contribution in [1.29, 1.82) is 0 Å². The van der Waals surface area contributed by atoms with Crippen LogP contribution in [0, 0.1) is 0 Å². The highest BCUT2D eigenvalue weighted by Crippen LogP contribution is 2.08. The minimum atomic E-state index is -1.08. The molecule has 0 aliphatic rings. The van der Waals surface area contributed by atoms with Crippen molar-refractivity contribution < 1.29 is 19.1 Å². The fourth-order valence-electron chi connectivity index (χ4n) is 0.664. The first-order valence-electron chi connectivity index (χ1n) is 3.48. The number of carbonyl (C=O) groups is 3. The lowest BCUT2D eigenvalue weighted by Gasteiger charge is -2.10. The Bertz CT molecular complexity index is 227. The van der Waals surface area contributed by atoms with Crippen LogP contribution in [0.2, 0.25) is 0 Å². The van der Waals surface area contributed by atoms with E-state index in [4.69, 9.17) is 23.2 Å². The molecule has 4 nitrogen and oxygen atoms in total. The van der Waals surface area contributed by atoms with Crippen molar-refractivity contribution in [3.63, 3.8) is 0 Å². The van der Waals surface area contributed by atoms with E-state index in [0.717, 1.165) is 6.92 Å². The summed E-state index contributed by atoms with van der Waals surface area (Å²) < 4.78 is 4.53. The van der Waals surface area contributed by atoms with Gasteiger partial charge in [-0.2, -0.15) is 0 Å². The lowest BCUT2D eigenvalue weighted by Crippen LogP contribution is -2.23. The zero-order valence-electron chi connectivity index (χ0n) is 6.88. The van der Waals surface area contributed by atoms with Crippen LogP contribution in [0.4, 0.5) is 0 Å². The van der Waals surface area contributed by atoms with Gasteiger partial charge in [-0.05, 0) is 23.2 Å². The van der Waals surface area contributed by atoms with Crippen molar-refractivity contribution in [1.82, 2.24) is 0 Å². The molecule has 0 saturated carbocycles. The molecular weight excluding hydrogens is 219 g/mol. The Morgan fingerprint density at radius 1 is 1.31 bits per heavy atom. The fraction of sp³-hybridized carbons (Fsp3) is 0.571. The molecule has 0 aromatic rings. The van der Waals surface area contributed by atoms with Gasteiger partial charge in [-0.15, -0.1) is 0 Å². The Morgan fingerprint density at radius 2 is 1.85 bits per heavy atom. The highest BCUT2D eigenvalue weighted by Gasteiger charge is 2.19. The SMILES string of the molecule is CC(=O)OC(CCC(=O)Cl)C(=O)Cl. The third kappa shape index (κ3) is 6.54. The summed E-state index contributed by atoms with van der Waals surface area (Å²) >= 11 is 10.1. The normalized spacial score (nSPS) is 11.9. The monoisotopic (exact) mass is 226 g/mol. The molecule has 1 unspecified atom stereocenters. The number of hydrogen-bond donors (Lipinski definition) is 0. The largest absolute Gasteiger partial charge is 0.453 e. The smallest absolute Gasteiger partial charge is 0.303 e. The van der Waals surface area contributed by atoms with Crippen LogP contribution < -0.4 is 0 Å². The van der Waals surface area contributed by atoms with Crippen molar-refractivity contribution in [2.75, 3.05) is 0 Å². The van der Waals surface area contributed by atoms with Crippen molar-refractivity contribution >= 4 is 39.7 Å². The van der Waals surface area contributed by atoms with Crippen LogP contribution in [0.1, 0.15) is 19.8 Å². The van der Waals surface area contributed by atoms with Crippen LogP contribution in [0.3, 0.4) is 0 Å². The molecule has 0 amide bonds. The highest BCUT2D eigenvalue weighted by atomic mass is 35.5. The highest BCUT2D eigenvalue weighted by molar-refractivity contribution is 6.65. The van der Waals surface area contributed by atoms with Crippen molar-refractivity contribution in [2.24, 2.45) is 0 Å². The lowest BCUT2D eigenvalue weighted by atomic mass is 10.2. The number of ether oxygens (including phenoxy) is 1. The second-order valence-electron chi connectivity index (χ2n) is 2.30. The molecule has 6 heteroatoms. The Hall–Kier alpha value is -0.610. The Morgan fingerprint density at radius 3 is 2.15 bits per heavy atom. The second kappa shape index (κ2) is 5.94. The molecule has 0 fully saturated rings. The molecule has 0 bridgehead atoms. The minimum Gasteiger partial charge on any atom is -0.453 e. The van der Waals surface area contributed by atoms with E-state index in [-0.39, 0.29) is 12.8 Å². The lowest BCUT2D eigenvalue weighted by molar-refractivity contribution is -0.151. The summed E-state index contributed by atoms with van der Waals surface area (Å²) in [4.78, 5) is 31.4. The van der Waals surface area contributed by atoms with E-state index < -0.39 is 22.6 Å². The third-order valence-electron chi connectivity index (χ3n) is 1.16. The number of rotatable bonds is 5. The van der Waals surface area contributed by atoms with Crippen LogP contribution >= 0.6 is 23.2 Å². The molecule has 0 rings (SSSR count). The summed E-state index contributed by atoms with van der Waals surface area (Å²) in [5, 5.41) is -1.41. The first-order valence-corrected chi connectivity index (χ1v) is 4.24. The summed E-state index contributed by atoms with van der Waals surface area (Å²) in [7, 11) is 0. The standard InChI is InChI=1S/C7H8Cl2O4/c1-4(10)13-5(7(9)12)2-3-6(8)11/h5H,2-3H2,1H3. The molecule has 0 aliphatic heterocycles. The van der Waals surface area contributed by atoms with Crippen LogP contribution in [0.5, 0.6) is 0 Å². The molecule has 0 radical (unpaired) electrons. The molecule has 0 aromatic carbocycles. The predicted molar refractivity (Wildman–Crippen MR) is 46.5 cm³/mol. The number of esters is 1. The molecule has 0 aromatic heterocycles. The molecule has 1 atom stereocenters. The first-order chi connectivity index (χ1) is 5.93. The van der Waals surface area contributed by atoms with Gasteiger partial charge < -0.3 is 4.74 Å². The fourth-order valence-corrected chi connectivity index (χ4v) is 0.926. The number of halogens is 2. The van der Waals surface area contributed by atoms with Gasteiger partial charge >= 0.3 is 5.97 Å². The van der Waals surface area contributed by atoms with Crippen LogP contribution in [0.25, 0.3) is 0 Å². The molecule has 0 saturated heterocycles. The van der Waals surface area contributed by atoms with Gasteiger partial charge in [0, 0.05) is 19.8 Å². The third-order valence-corrected chi connectivity index (χ3v) is 1.60. The average molecular weight is 227 g/mol. The number of hydrogen-bond acceptors (Lipinski definition) is 4. The van der Waals surface area contributed by atoms with Crippen LogP contribution in [0.15, 0.2) is 0 Å². The molecule has 0 spiro atoms. The summed E-state index contributed by atoms with van der Waals surface area (Å²) in [6.45, 7) is 1.15. The van der Waals surface area contributed by atoms with Crippen molar-refractivity contribution in [2.45, 2.75) is 25.9 Å². The Kier molecular flexibility index (Phi) is 5.66. The zero-order valence-corrected chi connectivity index (χ0v) is 8.39. The second-order valence-corrected chi connectivity index (χ2v) is 3.09. The van der Waals surface area contributed by atoms with Gasteiger partial charge in [0.1, 0.15) is 0 Å². The van der Waals surface area contributed by atoms with Crippen molar-refractivity contribution in [3.05, 3.63) is 0 Å². The van der Waals surface area contributed by atoms with E-state index in [9.17, 15) is 14.4 Å². The van der Waals surface area contributed by atoms with Gasteiger partial charge in [0.15, 0.2) is 6.10 Å². The Labute approximate surface area is 85.1 Å². The van der Waals surface area contributed by atoms with Gasteiger partial charge in [-0.1, -0.05) is 0 Å². The maximum absolute atomic E-state index is 10.6. The van der Waals surface area contributed by atoms with E-state index in [1.807, 2.05) is 0 Å². The summed E-state index contributed by atoms with van der Waals surface area (Å²) in [6, 6.07) is 0. The molecule has 0 N–H and O–H groups in total. The van der Waals surface area contributed by atoms with E-state index in [1.54, 1.807) is 0 Å². The van der Waals surface area contributed by atoms with Gasteiger partial charge in [-0.25, -0.2) is 0 Å².